The molecular weight excluding hydrogens is 579 g/mol. The molecule has 4 unspecified atom stereocenters. The van der Waals surface area contributed by atoms with Crippen LogP contribution in [-0.4, -0.2) is 40.5 Å². The Labute approximate surface area is 253 Å². The Hall–Kier alpha value is -3.11. The number of ketones is 1. The third kappa shape index (κ3) is 4.80. The largest absolute Gasteiger partial charge is 0.456 e. The highest BCUT2D eigenvalue weighted by atomic mass is 19.4. The number of amides is 1. The molecule has 1 amide bonds. The van der Waals surface area contributed by atoms with Crippen molar-refractivity contribution in [1.29, 1.82) is 0 Å². The fourth-order valence-corrected chi connectivity index (χ4v) is 8.79. The number of rotatable bonds is 6. The van der Waals surface area contributed by atoms with Gasteiger partial charge in [0.1, 0.15) is 5.60 Å². The lowest BCUT2D eigenvalue weighted by atomic mass is 9.50. The third-order valence-corrected chi connectivity index (χ3v) is 11.1. The quantitative estimate of drug-likeness (QED) is 0.325. The van der Waals surface area contributed by atoms with Gasteiger partial charge in [0.05, 0.1) is 0 Å². The number of primary amides is 1. The van der Waals surface area contributed by atoms with Crippen molar-refractivity contribution in [2.45, 2.75) is 94.5 Å². The molecule has 4 N–H and O–H groups in total. The molecule has 1 aromatic rings. The third-order valence-electron chi connectivity index (χ3n) is 11.1. The highest BCUT2D eigenvalue weighted by Crippen LogP contribution is 2.70. The van der Waals surface area contributed by atoms with Crippen LogP contribution >= 0.6 is 0 Å². The van der Waals surface area contributed by atoms with E-state index in [9.17, 15) is 27.9 Å². The normalized spacial score (nSPS) is 33.8. The second-order valence-electron chi connectivity index (χ2n) is 13.3. The first kappa shape index (κ1) is 30.9. The number of halogens is 5. The standard InChI is InChI=1S/C34H37F5N2O3/c1-31-17-27(20-4-2-19(3-5-20)18-41-23-9-6-21(7-10-23)30(40)43)29-25-13-11-24(42)16-22(25)8-12-26(29)28(31)14-15-32(31,44)33(35,36)34(37,38)39/h2-7,9,16,23,26-28,41,44H,8,10-15,17-18H2,1H3,(H2,40,43)/t23?,26?,27-,28?,31?,32+/m1/s1. The first-order valence-electron chi connectivity index (χ1n) is 15.3. The van der Waals surface area contributed by atoms with E-state index in [4.69, 9.17) is 5.73 Å². The van der Waals surface area contributed by atoms with Crippen LogP contribution in [-0.2, 0) is 16.1 Å². The van der Waals surface area contributed by atoms with E-state index in [1.807, 2.05) is 30.3 Å². The van der Waals surface area contributed by atoms with Gasteiger partial charge in [0, 0.05) is 35.9 Å². The van der Waals surface area contributed by atoms with Crippen molar-refractivity contribution in [2.75, 3.05) is 0 Å². The van der Waals surface area contributed by atoms with Crippen molar-refractivity contribution >= 4 is 11.7 Å². The Morgan fingerprint density at radius 1 is 1.09 bits per heavy atom. The zero-order valence-electron chi connectivity index (χ0n) is 24.5. The van der Waals surface area contributed by atoms with Crippen molar-refractivity contribution in [3.8, 4) is 0 Å². The zero-order chi connectivity index (χ0) is 31.7. The predicted octanol–water partition coefficient (Wildman–Crippen LogP) is 6.34. The number of alkyl halides is 5. The van der Waals surface area contributed by atoms with Crippen molar-refractivity contribution in [2.24, 2.45) is 23.0 Å². The summed E-state index contributed by atoms with van der Waals surface area (Å²) in [5, 5.41) is 14.8. The molecule has 0 bridgehead atoms. The minimum Gasteiger partial charge on any atom is -0.383 e. The lowest BCUT2D eigenvalue weighted by Gasteiger charge is -2.56. The summed E-state index contributed by atoms with van der Waals surface area (Å²) >= 11 is 0. The number of hydrogen-bond acceptors (Lipinski definition) is 4. The molecule has 0 saturated heterocycles. The first-order valence-corrected chi connectivity index (χ1v) is 15.3. The maximum atomic E-state index is 15.2. The Kier molecular flexibility index (Phi) is 7.55. The van der Waals surface area contributed by atoms with Gasteiger partial charge in [-0.1, -0.05) is 55.0 Å². The Morgan fingerprint density at radius 2 is 1.82 bits per heavy atom. The summed E-state index contributed by atoms with van der Waals surface area (Å²) in [5.74, 6) is -6.94. The Bertz CT molecular complexity index is 1490. The van der Waals surface area contributed by atoms with Gasteiger partial charge < -0.3 is 16.2 Å². The Morgan fingerprint density at radius 3 is 2.45 bits per heavy atom. The van der Waals surface area contributed by atoms with E-state index in [-0.39, 0.29) is 30.6 Å². The van der Waals surface area contributed by atoms with E-state index in [1.54, 1.807) is 18.2 Å². The van der Waals surface area contributed by atoms with E-state index in [0.29, 0.717) is 44.2 Å². The fourth-order valence-electron chi connectivity index (χ4n) is 8.79. The minimum absolute atomic E-state index is 0.0116. The average molecular weight is 617 g/mol. The summed E-state index contributed by atoms with van der Waals surface area (Å²) in [6.07, 6.45) is 3.16. The molecule has 5 nitrogen and oxygen atoms in total. The van der Waals surface area contributed by atoms with Gasteiger partial charge in [0.2, 0.25) is 5.91 Å². The molecule has 5 aliphatic carbocycles. The van der Waals surface area contributed by atoms with Gasteiger partial charge in [0.25, 0.3) is 0 Å². The molecule has 0 aliphatic heterocycles. The van der Waals surface area contributed by atoms with Crippen LogP contribution in [0.5, 0.6) is 0 Å². The molecule has 0 radical (unpaired) electrons. The first-order chi connectivity index (χ1) is 20.7. The number of carbonyl (C=O) groups excluding carboxylic acids is 2. The smallest absolute Gasteiger partial charge is 0.383 e. The number of aliphatic hydroxyl groups is 1. The van der Waals surface area contributed by atoms with Crippen LogP contribution in [0.1, 0.15) is 75.3 Å². The molecule has 10 heteroatoms. The second kappa shape index (κ2) is 10.8. The number of fused-ring (bicyclic) bond motifs is 4. The summed E-state index contributed by atoms with van der Waals surface area (Å²) in [6.45, 7) is 1.95. The number of benzene rings is 1. The van der Waals surface area contributed by atoms with E-state index in [1.165, 1.54) is 6.92 Å². The number of carbonyl (C=O) groups is 2. The number of allylic oxidation sites excluding steroid dienone is 4. The molecular formula is C34H37F5N2O3. The summed E-state index contributed by atoms with van der Waals surface area (Å²) in [4.78, 5) is 23.6. The van der Waals surface area contributed by atoms with Crippen molar-refractivity contribution in [1.82, 2.24) is 5.32 Å². The van der Waals surface area contributed by atoms with Crippen LogP contribution in [0.4, 0.5) is 22.0 Å². The van der Waals surface area contributed by atoms with Crippen LogP contribution in [0.25, 0.3) is 0 Å². The van der Waals surface area contributed by atoms with Crippen molar-refractivity contribution in [3.63, 3.8) is 0 Å². The van der Waals surface area contributed by atoms with Gasteiger partial charge >= 0.3 is 12.1 Å². The summed E-state index contributed by atoms with van der Waals surface area (Å²) in [7, 11) is 0. The molecule has 0 aromatic heterocycles. The fraction of sp³-hybridized carbons (Fsp3) is 0.529. The van der Waals surface area contributed by atoms with E-state index >= 15 is 8.78 Å². The molecule has 1 aromatic carbocycles. The van der Waals surface area contributed by atoms with Gasteiger partial charge in [-0.3, -0.25) is 9.59 Å². The van der Waals surface area contributed by atoms with Crippen LogP contribution in [0.2, 0.25) is 0 Å². The number of nitrogens with one attached hydrogen (secondary N) is 1. The van der Waals surface area contributed by atoms with E-state index in [0.717, 1.165) is 27.8 Å². The van der Waals surface area contributed by atoms with Gasteiger partial charge in [-0.05, 0) is 85.1 Å². The number of nitrogens with two attached hydrogens (primary N) is 1. The zero-order valence-corrected chi connectivity index (χ0v) is 24.5. The highest BCUT2D eigenvalue weighted by Gasteiger charge is 2.79. The number of hydrogen-bond donors (Lipinski definition) is 3. The van der Waals surface area contributed by atoms with E-state index < -0.39 is 47.3 Å². The Balaban J connectivity index is 1.33. The molecule has 2 fully saturated rings. The topological polar surface area (TPSA) is 92.4 Å². The van der Waals surface area contributed by atoms with Gasteiger partial charge in [-0.25, -0.2) is 0 Å². The molecule has 2 saturated carbocycles. The SMILES string of the molecule is CC12C[C@H](c3ccc(CNC4C=CC(C(N)=O)=CC4)cc3)C3=C4CCC(=O)C=C4CCC3C1CC[C@@]2(O)C(F)(F)C(F)(F)F. The summed E-state index contributed by atoms with van der Waals surface area (Å²) < 4.78 is 71.7. The molecule has 6 atom stereocenters. The van der Waals surface area contributed by atoms with Crippen molar-refractivity contribution in [3.05, 3.63) is 82.0 Å². The molecule has 0 spiro atoms. The average Bonchev–Trinajstić information content (AvgIpc) is 3.26. The minimum atomic E-state index is -5.88. The van der Waals surface area contributed by atoms with Crippen molar-refractivity contribution < 1.29 is 36.6 Å². The summed E-state index contributed by atoms with van der Waals surface area (Å²) in [6, 6.07) is 7.66. The van der Waals surface area contributed by atoms with Crippen LogP contribution in [0.15, 0.2) is 70.9 Å². The second-order valence-corrected chi connectivity index (χ2v) is 13.3. The maximum absolute atomic E-state index is 15.2. The summed E-state index contributed by atoms with van der Waals surface area (Å²) in [5.41, 5.74) is 5.69. The van der Waals surface area contributed by atoms with Gasteiger partial charge in [0.15, 0.2) is 5.78 Å². The molecule has 6 rings (SSSR count). The lowest BCUT2D eigenvalue weighted by Crippen LogP contribution is -2.65. The van der Waals surface area contributed by atoms with Crippen LogP contribution in [0, 0.1) is 17.3 Å². The van der Waals surface area contributed by atoms with E-state index in [2.05, 4.69) is 5.32 Å². The van der Waals surface area contributed by atoms with Gasteiger partial charge in [-0.15, -0.1) is 0 Å². The van der Waals surface area contributed by atoms with Crippen LogP contribution < -0.4 is 11.1 Å². The molecule has 236 valence electrons. The van der Waals surface area contributed by atoms with Crippen LogP contribution in [0.3, 0.4) is 0 Å². The maximum Gasteiger partial charge on any atom is 0.456 e. The molecule has 5 aliphatic rings. The predicted molar refractivity (Wildman–Crippen MR) is 154 cm³/mol. The monoisotopic (exact) mass is 616 g/mol. The molecule has 44 heavy (non-hydrogen) atoms. The van der Waals surface area contributed by atoms with Gasteiger partial charge in [-0.2, -0.15) is 22.0 Å². The highest BCUT2D eigenvalue weighted by molar-refractivity contribution is 5.95. The molecule has 0 heterocycles. The lowest BCUT2D eigenvalue weighted by molar-refractivity contribution is -0.362.